The predicted octanol–water partition coefficient (Wildman–Crippen LogP) is 3.94. The number of carbonyl (C=O) groups is 1. The molecule has 2 aromatic rings. The lowest BCUT2D eigenvalue weighted by Crippen LogP contribution is -2.24. The van der Waals surface area contributed by atoms with Gasteiger partial charge in [0, 0.05) is 25.2 Å². The van der Waals surface area contributed by atoms with Gasteiger partial charge in [-0.25, -0.2) is 5.43 Å². The molecule has 0 saturated heterocycles. The zero-order valence-electron chi connectivity index (χ0n) is 12.8. The van der Waals surface area contributed by atoms with Crippen LogP contribution in [0.2, 0.25) is 10.0 Å². The van der Waals surface area contributed by atoms with E-state index >= 15 is 0 Å². The zero-order chi connectivity index (χ0) is 17.7. The fraction of sp³-hybridized carbons (Fsp3) is 0.200. The average molecular weight is 435 g/mol. The van der Waals surface area contributed by atoms with E-state index in [2.05, 4.69) is 26.5 Å². The number of carbonyl (C=O) groups excluding carboxylic acids is 1. The van der Waals surface area contributed by atoms with Crippen molar-refractivity contribution in [3.05, 3.63) is 44.5 Å². The number of halogens is 3. The summed E-state index contributed by atoms with van der Waals surface area (Å²) in [6, 6.07) is 6.49. The Morgan fingerprint density at radius 1 is 1.42 bits per heavy atom. The molecule has 1 aromatic heterocycles. The van der Waals surface area contributed by atoms with Crippen LogP contribution in [-0.4, -0.2) is 32.8 Å². The Balaban J connectivity index is 1.85. The zero-order valence-corrected chi connectivity index (χ0v) is 15.9. The number of ether oxygens (including phenoxy) is 1. The van der Waals surface area contributed by atoms with Crippen molar-refractivity contribution in [1.29, 1.82) is 0 Å². The molecule has 1 amide bonds. The van der Waals surface area contributed by atoms with Crippen molar-refractivity contribution in [3.8, 4) is 5.75 Å². The van der Waals surface area contributed by atoms with Crippen molar-refractivity contribution in [1.82, 2.24) is 5.43 Å². The van der Waals surface area contributed by atoms with Crippen LogP contribution < -0.4 is 15.1 Å². The standard InChI is InChI=1S/C15H14BrCl2N3O3/c1-21(2)15-11(16)6-10(24-15)7-19-20-14(22)8-23-13-4-3-9(17)5-12(13)18/h3-7H,8H2,1-2H3,(H,20,22)/b19-7+. The van der Waals surface area contributed by atoms with E-state index in [4.69, 9.17) is 32.4 Å². The summed E-state index contributed by atoms with van der Waals surface area (Å²) in [6.45, 7) is -0.233. The summed E-state index contributed by atoms with van der Waals surface area (Å²) >= 11 is 15.1. The Morgan fingerprint density at radius 3 is 2.79 bits per heavy atom. The first kappa shape index (κ1) is 18.6. The summed E-state index contributed by atoms with van der Waals surface area (Å²) in [4.78, 5) is 13.5. The Kier molecular flexibility index (Phi) is 6.53. The van der Waals surface area contributed by atoms with Gasteiger partial charge in [-0.05, 0) is 34.1 Å². The van der Waals surface area contributed by atoms with Crippen LogP contribution in [0.1, 0.15) is 5.76 Å². The van der Waals surface area contributed by atoms with Crippen LogP contribution in [0.3, 0.4) is 0 Å². The molecule has 1 N–H and O–H groups in total. The quantitative estimate of drug-likeness (QED) is 0.552. The minimum atomic E-state index is -0.435. The van der Waals surface area contributed by atoms with E-state index in [0.29, 0.717) is 27.4 Å². The second kappa shape index (κ2) is 8.41. The summed E-state index contributed by atoms with van der Waals surface area (Å²) in [5.41, 5.74) is 2.34. The first-order valence-corrected chi connectivity index (χ1v) is 8.28. The maximum atomic E-state index is 11.7. The number of rotatable bonds is 6. The van der Waals surface area contributed by atoms with Crippen LogP contribution >= 0.6 is 39.1 Å². The van der Waals surface area contributed by atoms with Gasteiger partial charge in [0.2, 0.25) is 5.88 Å². The molecule has 0 aliphatic carbocycles. The van der Waals surface area contributed by atoms with Crippen LogP contribution in [0.25, 0.3) is 0 Å². The van der Waals surface area contributed by atoms with E-state index in [-0.39, 0.29) is 6.61 Å². The Hall–Kier alpha value is -1.70. The second-order valence-electron chi connectivity index (χ2n) is 4.85. The van der Waals surface area contributed by atoms with E-state index < -0.39 is 5.91 Å². The summed E-state index contributed by atoms with van der Waals surface area (Å²) in [5.74, 6) is 1.08. The largest absolute Gasteiger partial charge is 0.482 e. The first-order chi connectivity index (χ1) is 11.4. The number of hydrazone groups is 1. The van der Waals surface area contributed by atoms with Gasteiger partial charge < -0.3 is 14.1 Å². The predicted molar refractivity (Wildman–Crippen MR) is 98.4 cm³/mol. The molecule has 0 atom stereocenters. The molecule has 1 heterocycles. The first-order valence-electron chi connectivity index (χ1n) is 6.73. The lowest BCUT2D eigenvalue weighted by molar-refractivity contribution is -0.123. The van der Waals surface area contributed by atoms with Crippen LogP contribution in [-0.2, 0) is 4.79 Å². The van der Waals surface area contributed by atoms with E-state index in [1.807, 2.05) is 19.0 Å². The van der Waals surface area contributed by atoms with Gasteiger partial charge in [-0.15, -0.1) is 0 Å². The molecule has 9 heteroatoms. The van der Waals surface area contributed by atoms with Crippen molar-refractivity contribution in [2.75, 3.05) is 25.6 Å². The third-order valence-electron chi connectivity index (χ3n) is 2.73. The number of hydrogen-bond acceptors (Lipinski definition) is 5. The van der Waals surface area contributed by atoms with Crippen molar-refractivity contribution in [3.63, 3.8) is 0 Å². The number of hydrogen-bond donors (Lipinski definition) is 1. The molecule has 0 bridgehead atoms. The van der Waals surface area contributed by atoms with Gasteiger partial charge in [-0.3, -0.25) is 4.79 Å². The summed E-state index contributed by atoms with van der Waals surface area (Å²) in [7, 11) is 3.71. The molecular weight excluding hydrogens is 421 g/mol. The van der Waals surface area contributed by atoms with E-state index in [1.54, 1.807) is 18.2 Å². The van der Waals surface area contributed by atoms with Crippen molar-refractivity contribution >= 4 is 57.1 Å². The molecule has 6 nitrogen and oxygen atoms in total. The second-order valence-corrected chi connectivity index (χ2v) is 6.55. The van der Waals surface area contributed by atoms with Crippen molar-refractivity contribution in [2.24, 2.45) is 5.10 Å². The third kappa shape index (κ3) is 5.15. The molecule has 0 unspecified atom stereocenters. The number of furan rings is 1. The fourth-order valence-corrected chi connectivity index (χ4v) is 2.80. The maximum absolute atomic E-state index is 11.7. The highest BCUT2D eigenvalue weighted by Gasteiger charge is 2.09. The molecule has 0 aliphatic heterocycles. The van der Waals surface area contributed by atoms with Crippen LogP contribution in [0.4, 0.5) is 5.88 Å². The number of nitrogens with zero attached hydrogens (tertiary/aromatic N) is 2. The summed E-state index contributed by atoms with van der Waals surface area (Å²) in [6.07, 6.45) is 1.39. The molecule has 0 fully saturated rings. The van der Waals surface area contributed by atoms with Gasteiger partial charge in [-0.2, -0.15) is 5.10 Å². The van der Waals surface area contributed by atoms with Gasteiger partial charge in [0.1, 0.15) is 5.75 Å². The normalized spacial score (nSPS) is 10.9. The lowest BCUT2D eigenvalue weighted by atomic mass is 10.3. The van der Waals surface area contributed by atoms with Crippen LogP contribution in [0, 0.1) is 0 Å². The number of benzene rings is 1. The average Bonchev–Trinajstić information content (AvgIpc) is 2.87. The third-order valence-corrected chi connectivity index (χ3v) is 3.83. The van der Waals surface area contributed by atoms with Gasteiger partial charge in [0.15, 0.2) is 12.4 Å². The SMILES string of the molecule is CN(C)c1oc(/C=N/NC(=O)COc2ccc(Cl)cc2Cl)cc1Br. The highest BCUT2D eigenvalue weighted by Crippen LogP contribution is 2.28. The molecule has 0 aliphatic rings. The van der Waals surface area contributed by atoms with Crippen LogP contribution in [0.15, 0.2) is 38.3 Å². The Labute approximate surface area is 157 Å². The van der Waals surface area contributed by atoms with Gasteiger partial charge in [0.05, 0.1) is 15.7 Å². The number of nitrogens with one attached hydrogen (secondary N) is 1. The lowest BCUT2D eigenvalue weighted by Gasteiger charge is -2.07. The summed E-state index contributed by atoms with van der Waals surface area (Å²) < 4.78 is 11.6. The van der Waals surface area contributed by atoms with Gasteiger partial charge in [-0.1, -0.05) is 23.2 Å². The number of anilines is 1. The van der Waals surface area contributed by atoms with E-state index in [9.17, 15) is 4.79 Å². The molecular formula is C15H14BrCl2N3O3. The molecule has 0 spiro atoms. The molecule has 0 radical (unpaired) electrons. The highest BCUT2D eigenvalue weighted by atomic mass is 79.9. The molecule has 2 rings (SSSR count). The molecule has 128 valence electrons. The van der Waals surface area contributed by atoms with Crippen LogP contribution in [0.5, 0.6) is 5.75 Å². The smallest absolute Gasteiger partial charge is 0.277 e. The number of amides is 1. The van der Waals surface area contributed by atoms with Gasteiger partial charge >= 0.3 is 0 Å². The van der Waals surface area contributed by atoms with Crippen molar-refractivity contribution in [2.45, 2.75) is 0 Å². The van der Waals surface area contributed by atoms with Crippen molar-refractivity contribution < 1.29 is 13.9 Å². The maximum Gasteiger partial charge on any atom is 0.277 e. The van der Waals surface area contributed by atoms with E-state index in [0.717, 1.165) is 4.47 Å². The highest BCUT2D eigenvalue weighted by molar-refractivity contribution is 9.10. The molecule has 0 saturated carbocycles. The van der Waals surface area contributed by atoms with E-state index in [1.165, 1.54) is 12.3 Å². The minimum absolute atomic E-state index is 0.233. The Bertz CT molecular complexity index is 762. The van der Waals surface area contributed by atoms with Gasteiger partial charge in [0.25, 0.3) is 5.91 Å². The summed E-state index contributed by atoms with van der Waals surface area (Å²) in [5, 5.41) is 4.63. The molecule has 1 aromatic carbocycles. The Morgan fingerprint density at radius 2 is 2.17 bits per heavy atom. The monoisotopic (exact) mass is 433 g/mol. The minimum Gasteiger partial charge on any atom is -0.482 e. The topological polar surface area (TPSA) is 67.1 Å². The fourth-order valence-electron chi connectivity index (χ4n) is 1.68. The molecule has 24 heavy (non-hydrogen) atoms.